The Hall–Kier alpha value is -0.790. The maximum Gasteiger partial charge on any atom is 0.239 e. The van der Waals surface area contributed by atoms with E-state index in [1.807, 2.05) is 13.8 Å². The summed E-state index contributed by atoms with van der Waals surface area (Å²) in [5.74, 6) is 1.21. The quantitative estimate of drug-likeness (QED) is 0.399. The normalized spacial score (nSPS) is 12.3. The van der Waals surface area contributed by atoms with Crippen LogP contribution in [0, 0.1) is 5.92 Å². The van der Waals surface area contributed by atoms with Crippen molar-refractivity contribution < 1.29 is 14.7 Å². The molecule has 7 heteroatoms. The molecular weight excluding hydrogens is 266 g/mol. The number of hydrogen-bond acceptors (Lipinski definition) is 5. The lowest BCUT2D eigenvalue weighted by molar-refractivity contribution is -0.127. The highest BCUT2D eigenvalue weighted by Crippen LogP contribution is 2.00. The van der Waals surface area contributed by atoms with Crippen molar-refractivity contribution in [3.05, 3.63) is 0 Å². The summed E-state index contributed by atoms with van der Waals surface area (Å²) in [4.78, 5) is 22.9. The van der Waals surface area contributed by atoms with Crippen molar-refractivity contribution in [2.45, 2.75) is 26.3 Å². The molecule has 0 aromatic rings. The Kier molecular flexibility index (Phi) is 10.6. The highest BCUT2D eigenvalue weighted by molar-refractivity contribution is 7.99. The van der Waals surface area contributed by atoms with Gasteiger partial charge in [-0.1, -0.05) is 13.8 Å². The largest absolute Gasteiger partial charge is 0.396 e. The Morgan fingerprint density at radius 2 is 1.95 bits per heavy atom. The number of carbonyl (C=O) groups is 2. The van der Waals surface area contributed by atoms with Gasteiger partial charge in [-0.3, -0.25) is 9.59 Å². The van der Waals surface area contributed by atoms with Gasteiger partial charge in [0.15, 0.2) is 0 Å². The van der Waals surface area contributed by atoms with Crippen LogP contribution in [0.4, 0.5) is 0 Å². The molecule has 0 aliphatic rings. The molecule has 0 spiro atoms. The lowest BCUT2D eigenvalue weighted by atomic mass is 10.1. The number of amides is 2. The van der Waals surface area contributed by atoms with E-state index in [9.17, 15) is 9.59 Å². The summed E-state index contributed by atoms with van der Waals surface area (Å²) in [5, 5.41) is 13.8. The Labute approximate surface area is 118 Å². The van der Waals surface area contributed by atoms with E-state index in [1.165, 1.54) is 0 Å². The van der Waals surface area contributed by atoms with Gasteiger partial charge in [0, 0.05) is 18.9 Å². The molecule has 0 radical (unpaired) electrons. The molecule has 0 heterocycles. The minimum atomic E-state index is -0.582. The van der Waals surface area contributed by atoms with E-state index in [0.717, 1.165) is 17.9 Å². The maximum atomic E-state index is 11.5. The van der Waals surface area contributed by atoms with Gasteiger partial charge in [0.25, 0.3) is 0 Å². The van der Waals surface area contributed by atoms with Gasteiger partial charge in [0.05, 0.1) is 12.6 Å². The standard InChI is InChI=1S/C12H25N3O3S/c1-9(2)11(13)12(18)15-8-10(17)14-4-7-19-6-3-5-16/h9,11,16H,3-8,13H2,1-2H3,(H,14,17)(H,15,18)/t11-/m0/s1. The predicted octanol–water partition coefficient (Wildman–Crippen LogP) is -0.682. The molecule has 5 N–H and O–H groups in total. The molecule has 6 nitrogen and oxygen atoms in total. The molecule has 0 unspecified atom stereocenters. The van der Waals surface area contributed by atoms with Gasteiger partial charge in [0.2, 0.25) is 11.8 Å². The number of nitrogens with two attached hydrogens (primary N) is 1. The molecule has 0 saturated carbocycles. The smallest absolute Gasteiger partial charge is 0.239 e. The molecule has 112 valence electrons. The fourth-order valence-electron chi connectivity index (χ4n) is 1.18. The first-order valence-corrected chi connectivity index (χ1v) is 7.63. The zero-order valence-electron chi connectivity index (χ0n) is 11.6. The van der Waals surface area contributed by atoms with E-state index in [0.29, 0.717) is 6.54 Å². The summed E-state index contributed by atoms with van der Waals surface area (Å²) in [7, 11) is 0. The zero-order valence-corrected chi connectivity index (χ0v) is 12.5. The zero-order chi connectivity index (χ0) is 14.7. The van der Waals surface area contributed by atoms with Crippen LogP contribution in [0.25, 0.3) is 0 Å². The Morgan fingerprint density at radius 3 is 2.53 bits per heavy atom. The first-order chi connectivity index (χ1) is 8.99. The van der Waals surface area contributed by atoms with Crippen LogP contribution in [-0.2, 0) is 9.59 Å². The van der Waals surface area contributed by atoms with Crippen molar-refractivity contribution in [1.29, 1.82) is 0 Å². The van der Waals surface area contributed by atoms with E-state index in [-0.39, 0.29) is 30.9 Å². The summed E-state index contributed by atoms with van der Waals surface area (Å²) in [6, 6.07) is -0.582. The van der Waals surface area contributed by atoms with Gasteiger partial charge in [-0.25, -0.2) is 0 Å². The molecule has 0 saturated heterocycles. The molecule has 0 aliphatic heterocycles. The second-order valence-electron chi connectivity index (χ2n) is 4.53. The highest BCUT2D eigenvalue weighted by atomic mass is 32.2. The second kappa shape index (κ2) is 11.1. The van der Waals surface area contributed by atoms with Crippen LogP contribution < -0.4 is 16.4 Å². The summed E-state index contributed by atoms with van der Waals surface area (Å²) in [5.41, 5.74) is 5.65. The molecule has 1 atom stereocenters. The van der Waals surface area contributed by atoms with Gasteiger partial charge < -0.3 is 21.5 Å². The monoisotopic (exact) mass is 291 g/mol. The van der Waals surface area contributed by atoms with Crippen molar-refractivity contribution in [1.82, 2.24) is 10.6 Å². The van der Waals surface area contributed by atoms with E-state index in [1.54, 1.807) is 11.8 Å². The van der Waals surface area contributed by atoms with Crippen molar-refractivity contribution >= 4 is 23.6 Å². The molecule has 0 rings (SSSR count). The average Bonchev–Trinajstić information content (AvgIpc) is 2.38. The first kappa shape index (κ1) is 18.2. The third kappa shape index (κ3) is 9.75. The number of aliphatic hydroxyl groups excluding tert-OH is 1. The van der Waals surface area contributed by atoms with Gasteiger partial charge in [-0.2, -0.15) is 11.8 Å². The van der Waals surface area contributed by atoms with Crippen LogP contribution in [-0.4, -0.2) is 54.2 Å². The Morgan fingerprint density at radius 1 is 1.26 bits per heavy atom. The fraction of sp³-hybridized carbons (Fsp3) is 0.833. The lowest BCUT2D eigenvalue weighted by Crippen LogP contribution is -2.47. The van der Waals surface area contributed by atoms with E-state index < -0.39 is 6.04 Å². The molecule has 0 fully saturated rings. The topological polar surface area (TPSA) is 104 Å². The van der Waals surface area contributed by atoms with Gasteiger partial charge in [-0.05, 0) is 18.1 Å². The SMILES string of the molecule is CC(C)[C@H](N)C(=O)NCC(=O)NCCSCCCO. The van der Waals surface area contributed by atoms with E-state index in [4.69, 9.17) is 10.8 Å². The van der Waals surface area contributed by atoms with Crippen LogP contribution in [0.15, 0.2) is 0 Å². The minimum absolute atomic E-state index is 0.0411. The summed E-state index contributed by atoms with van der Waals surface area (Å²) >= 11 is 1.67. The van der Waals surface area contributed by atoms with Gasteiger partial charge in [0.1, 0.15) is 0 Å². The molecule has 2 amide bonds. The highest BCUT2D eigenvalue weighted by Gasteiger charge is 2.17. The maximum absolute atomic E-state index is 11.5. The molecule has 0 aromatic heterocycles. The van der Waals surface area contributed by atoms with Gasteiger partial charge in [-0.15, -0.1) is 0 Å². The van der Waals surface area contributed by atoms with Crippen molar-refractivity contribution in [3.63, 3.8) is 0 Å². The number of carbonyl (C=O) groups excluding carboxylic acids is 2. The van der Waals surface area contributed by atoms with Crippen LogP contribution in [0.2, 0.25) is 0 Å². The van der Waals surface area contributed by atoms with Crippen LogP contribution in [0.5, 0.6) is 0 Å². The molecular formula is C12H25N3O3S. The van der Waals surface area contributed by atoms with Crippen LogP contribution >= 0.6 is 11.8 Å². The summed E-state index contributed by atoms with van der Waals surface area (Å²) < 4.78 is 0. The number of thioether (sulfide) groups is 1. The molecule has 19 heavy (non-hydrogen) atoms. The predicted molar refractivity (Wildman–Crippen MR) is 77.9 cm³/mol. The molecule has 0 aliphatic carbocycles. The van der Waals surface area contributed by atoms with E-state index >= 15 is 0 Å². The minimum Gasteiger partial charge on any atom is -0.396 e. The molecule has 0 bridgehead atoms. The third-order valence-electron chi connectivity index (χ3n) is 2.46. The number of aliphatic hydroxyl groups is 1. The van der Waals surface area contributed by atoms with Crippen molar-refractivity contribution in [2.24, 2.45) is 11.7 Å². The molecule has 0 aromatic carbocycles. The van der Waals surface area contributed by atoms with Gasteiger partial charge >= 0.3 is 0 Å². The van der Waals surface area contributed by atoms with Crippen molar-refractivity contribution in [2.75, 3.05) is 31.2 Å². The Bertz CT molecular complexity index is 275. The second-order valence-corrected chi connectivity index (χ2v) is 5.75. The lowest BCUT2D eigenvalue weighted by Gasteiger charge is -2.15. The van der Waals surface area contributed by atoms with Crippen molar-refractivity contribution in [3.8, 4) is 0 Å². The third-order valence-corrected chi connectivity index (χ3v) is 3.53. The number of rotatable bonds is 10. The fourth-order valence-corrected chi connectivity index (χ4v) is 1.97. The van der Waals surface area contributed by atoms with Crippen LogP contribution in [0.1, 0.15) is 20.3 Å². The summed E-state index contributed by atoms with van der Waals surface area (Å²) in [6.45, 7) is 4.42. The first-order valence-electron chi connectivity index (χ1n) is 6.47. The number of nitrogens with one attached hydrogen (secondary N) is 2. The summed E-state index contributed by atoms with van der Waals surface area (Å²) in [6.07, 6.45) is 0.766. The Balaban J connectivity index is 3.57. The van der Waals surface area contributed by atoms with E-state index in [2.05, 4.69) is 10.6 Å². The average molecular weight is 291 g/mol. The number of hydrogen-bond donors (Lipinski definition) is 4. The van der Waals surface area contributed by atoms with Crippen LogP contribution in [0.3, 0.4) is 0 Å².